The van der Waals surface area contributed by atoms with Crippen LogP contribution in [-0.4, -0.2) is 27.6 Å². The number of nitrogens with one attached hydrogen (secondary N) is 2. The van der Waals surface area contributed by atoms with Crippen LogP contribution in [0.2, 0.25) is 5.02 Å². The molecule has 194 valence electrons. The molecule has 0 saturated heterocycles. The zero-order valence-corrected chi connectivity index (χ0v) is 21.9. The SMILES string of the molecule is COc1cc(C=NNC(=O)c2cccc(S(=O)(=O)Nc3ccccc3Cl)c2)ccc1OCc1ccccc1. The van der Waals surface area contributed by atoms with Crippen LogP contribution < -0.4 is 19.6 Å². The number of carbonyl (C=O) groups excluding carboxylic acids is 1. The molecular formula is C28H24ClN3O5S. The maximum atomic E-state index is 12.8. The van der Waals surface area contributed by atoms with Crippen molar-refractivity contribution in [3.8, 4) is 11.5 Å². The summed E-state index contributed by atoms with van der Waals surface area (Å²) in [5.74, 6) is 0.506. The minimum absolute atomic E-state index is 0.0927. The molecule has 0 saturated carbocycles. The number of hydrogen-bond acceptors (Lipinski definition) is 6. The first-order valence-corrected chi connectivity index (χ1v) is 13.3. The molecule has 0 spiro atoms. The number of methoxy groups -OCH3 is 1. The van der Waals surface area contributed by atoms with Crippen molar-refractivity contribution in [1.82, 2.24) is 5.43 Å². The summed E-state index contributed by atoms with van der Waals surface area (Å²) in [7, 11) is -2.43. The van der Waals surface area contributed by atoms with E-state index in [1.54, 1.807) is 42.5 Å². The molecule has 38 heavy (non-hydrogen) atoms. The molecule has 0 atom stereocenters. The number of ether oxygens (including phenoxy) is 2. The van der Waals surface area contributed by atoms with Crippen molar-refractivity contribution in [2.75, 3.05) is 11.8 Å². The van der Waals surface area contributed by atoms with Gasteiger partial charge >= 0.3 is 0 Å². The maximum Gasteiger partial charge on any atom is 0.271 e. The summed E-state index contributed by atoms with van der Waals surface area (Å²) in [5, 5.41) is 4.24. The van der Waals surface area contributed by atoms with Crippen LogP contribution in [0.25, 0.3) is 0 Å². The highest BCUT2D eigenvalue weighted by Crippen LogP contribution is 2.28. The fourth-order valence-corrected chi connectivity index (χ4v) is 4.77. The van der Waals surface area contributed by atoms with Gasteiger partial charge in [0.25, 0.3) is 15.9 Å². The number of carbonyl (C=O) groups is 1. The van der Waals surface area contributed by atoms with E-state index in [2.05, 4.69) is 15.2 Å². The molecule has 0 fully saturated rings. The molecule has 4 rings (SSSR count). The van der Waals surface area contributed by atoms with Gasteiger partial charge in [-0.2, -0.15) is 5.10 Å². The molecule has 4 aromatic carbocycles. The largest absolute Gasteiger partial charge is 0.493 e. The average molecular weight is 550 g/mol. The molecule has 2 N–H and O–H groups in total. The number of anilines is 1. The van der Waals surface area contributed by atoms with Crippen LogP contribution in [0.15, 0.2) is 107 Å². The molecule has 8 nitrogen and oxygen atoms in total. The Hall–Kier alpha value is -4.34. The van der Waals surface area contributed by atoms with E-state index in [1.165, 1.54) is 37.6 Å². The number of amides is 1. The molecule has 0 aliphatic carbocycles. The van der Waals surface area contributed by atoms with Crippen LogP contribution in [0, 0.1) is 0 Å². The first-order valence-electron chi connectivity index (χ1n) is 11.4. The van der Waals surface area contributed by atoms with Gasteiger partial charge in [0.15, 0.2) is 11.5 Å². The second-order valence-corrected chi connectivity index (χ2v) is 10.1. The Morgan fingerprint density at radius 1 is 0.921 bits per heavy atom. The highest BCUT2D eigenvalue weighted by molar-refractivity contribution is 7.92. The lowest BCUT2D eigenvalue weighted by Crippen LogP contribution is -2.19. The zero-order chi connectivity index (χ0) is 27.0. The van der Waals surface area contributed by atoms with E-state index in [9.17, 15) is 13.2 Å². The summed E-state index contributed by atoms with van der Waals surface area (Å²) in [5.41, 5.74) is 4.45. The first-order chi connectivity index (χ1) is 18.4. The Labute approximate surface area is 225 Å². The standard InChI is InChI=1S/C28H24ClN3O5S/c1-36-27-16-21(14-15-26(27)37-19-20-8-3-2-4-9-20)18-30-31-28(33)22-10-7-11-23(17-22)38(34,35)32-25-13-6-5-12-24(25)29/h2-18,32H,19H2,1H3,(H,31,33). The second-order valence-electron chi connectivity index (χ2n) is 8.00. The van der Waals surface area contributed by atoms with Crippen molar-refractivity contribution in [2.45, 2.75) is 11.5 Å². The van der Waals surface area contributed by atoms with Gasteiger partial charge in [0.05, 0.1) is 28.9 Å². The van der Waals surface area contributed by atoms with Crippen LogP contribution in [0.1, 0.15) is 21.5 Å². The predicted molar refractivity (Wildman–Crippen MR) is 148 cm³/mol. The Bertz CT molecular complexity index is 1560. The lowest BCUT2D eigenvalue weighted by Gasteiger charge is -2.11. The fraction of sp³-hybridized carbons (Fsp3) is 0.0714. The molecule has 0 aliphatic heterocycles. The van der Waals surface area contributed by atoms with E-state index in [0.29, 0.717) is 23.7 Å². The molecule has 0 unspecified atom stereocenters. The third kappa shape index (κ3) is 6.90. The smallest absolute Gasteiger partial charge is 0.271 e. The van der Waals surface area contributed by atoms with Gasteiger partial charge in [0.2, 0.25) is 0 Å². The molecule has 0 bridgehead atoms. The maximum absolute atomic E-state index is 12.8. The summed E-state index contributed by atoms with van der Waals surface area (Å²) < 4.78 is 39.3. The summed E-state index contributed by atoms with van der Waals surface area (Å²) >= 11 is 6.05. The molecular weight excluding hydrogens is 526 g/mol. The Morgan fingerprint density at radius 2 is 1.68 bits per heavy atom. The van der Waals surface area contributed by atoms with Crippen LogP contribution in [0.4, 0.5) is 5.69 Å². The number of rotatable bonds is 10. The lowest BCUT2D eigenvalue weighted by molar-refractivity contribution is 0.0955. The molecule has 4 aromatic rings. The monoisotopic (exact) mass is 549 g/mol. The molecule has 0 radical (unpaired) electrons. The highest BCUT2D eigenvalue weighted by atomic mass is 35.5. The van der Waals surface area contributed by atoms with E-state index in [4.69, 9.17) is 21.1 Å². The van der Waals surface area contributed by atoms with Gasteiger partial charge in [-0.05, 0) is 59.7 Å². The predicted octanol–water partition coefficient (Wildman–Crippen LogP) is 5.49. The Kier molecular flexibility index (Phi) is 8.62. The van der Waals surface area contributed by atoms with Gasteiger partial charge in [-0.1, -0.05) is 60.1 Å². The van der Waals surface area contributed by atoms with Gasteiger partial charge in [0, 0.05) is 5.56 Å². The van der Waals surface area contributed by atoms with E-state index in [1.807, 2.05) is 30.3 Å². The Balaban J connectivity index is 1.40. The van der Waals surface area contributed by atoms with Gasteiger partial charge in [-0.25, -0.2) is 13.8 Å². The molecule has 0 aromatic heterocycles. The molecule has 0 heterocycles. The van der Waals surface area contributed by atoms with E-state index < -0.39 is 15.9 Å². The van der Waals surface area contributed by atoms with Gasteiger partial charge in [-0.15, -0.1) is 0 Å². The number of hydrazone groups is 1. The minimum Gasteiger partial charge on any atom is -0.493 e. The number of sulfonamides is 1. The summed E-state index contributed by atoms with van der Waals surface area (Å²) in [6.07, 6.45) is 1.45. The van der Waals surface area contributed by atoms with Crippen LogP contribution in [0.5, 0.6) is 11.5 Å². The third-order valence-corrected chi connectivity index (χ3v) is 7.02. The number of hydrogen-bond donors (Lipinski definition) is 2. The van der Waals surface area contributed by atoms with Crippen molar-refractivity contribution in [3.05, 3.63) is 119 Å². The molecule has 10 heteroatoms. The number of para-hydroxylation sites is 1. The zero-order valence-electron chi connectivity index (χ0n) is 20.3. The van der Waals surface area contributed by atoms with Crippen molar-refractivity contribution < 1.29 is 22.7 Å². The van der Waals surface area contributed by atoms with E-state index >= 15 is 0 Å². The second kappa shape index (κ2) is 12.3. The van der Waals surface area contributed by atoms with Gasteiger partial charge in [-0.3, -0.25) is 9.52 Å². The molecule has 1 amide bonds. The normalized spacial score (nSPS) is 11.2. The van der Waals surface area contributed by atoms with Crippen molar-refractivity contribution in [1.29, 1.82) is 0 Å². The first kappa shape index (κ1) is 26.7. The number of halogens is 1. The quantitative estimate of drug-likeness (QED) is 0.201. The van der Waals surface area contributed by atoms with Crippen LogP contribution >= 0.6 is 11.6 Å². The van der Waals surface area contributed by atoms with Crippen molar-refractivity contribution >= 4 is 39.4 Å². The van der Waals surface area contributed by atoms with Crippen LogP contribution in [-0.2, 0) is 16.6 Å². The average Bonchev–Trinajstić information content (AvgIpc) is 2.94. The number of benzene rings is 4. The number of nitrogens with zero attached hydrogens (tertiary/aromatic N) is 1. The van der Waals surface area contributed by atoms with Gasteiger partial charge < -0.3 is 9.47 Å². The van der Waals surface area contributed by atoms with Crippen molar-refractivity contribution in [3.63, 3.8) is 0 Å². The third-order valence-electron chi connectivity index (χ3n) is 5.33. The van der Waals surface area contributed by atoms with Crippen LogP contribution in [0.3, 0.4) is 0 Å². The van der Waals surface area contributed by atoms with Gasteiger partial charge in [0.1, 0.15) is 6.61 Å². The van der Waals surface area contributed by atoms with E-state index in [-0.39, 0.29) is 21.2 Å². The summed E-state index contributed by atoms with van der Waals surface area (Å²) in [4.78, 5) is 12.5. The molecule has 0 aliphatic rings. The summed E-state index contributed by atoms with van der Waals surface area (Å²) in [6, 6.07) is 27.1. The minimum atomic E-state index is -3.97. The highest BCUT2D eigenvalue weighted by Gasteiger charge is 2.17. The lowest BCUT2D eigenvalue weighted by atomic mass is 10.2. The van der Waals surface area contributed by atoms with Crippen molar-refractivity contribution in [2.24, 2.45) is 5.10 Å². The summed E-state index contributed by atoms with van der Waals surface area (Å²) in [6.45, 7) is 0.392. The Morgan fingerprint density at radius 3 is 2.45 bits per heavy atom. The topological polar surface area (TPSA) is 106 Å². The van der Waals surface area contributed by atoms with E-state index in [0.717, 1.165) is 5.56 Å². The fourth-order valence-electron chi connectivity index (χ4n) is 3.40.